The van der Waals surface area contributed by atoms with Crippen LogP contribution >= 0.6 is 11.8 Å². The van der Waals surface area contributed by atoms with E-state index >= 15 is 0 Å². The molecule has 0 amide bonds. The number of esters is 4. The summed E-state index contributed by atoms with van der Waals surface area (Å²) in [7, 11) is 0. The first kappa shape index (κ1) is 19.3. The highest BCUT2D eigenvalue weighted by Gasteiger charge is 2.46. The van der Waals surface area contributed by atoms with E-state index in [2.05, 4.69) is 0 Å². The van der Waals surface area contributed by atoms with E-state index in [1.54, 1.807) is 0 Å². The molecule has 0 aromatic heterocycles. The number of thioether (sulfide) groups is 1. The molecule has 0 radical (unpaired) electrons. The van der Waals surface area contributed by atoms with Crippen LogP contribution in [0, 0.1) is 0 Å². The van der Waals surface area contributed by atoms with Crippen LogP contribution in [0.25, 0.3) is 0 Å². The standard InChI is InChI=1S/C14H20O8S/c1-7(15)19-5-12-14(22-10(4)18)13(21-9(3)17)11(6-23-12)20-8(2)16/h11-14H,5-6H2,1-4H3/t11-,12+,13-,14+/m1/s1. The van der Waals surface area contributed by atoms with Gasteiger partial charge in [-0.3, -0.25) is 19.2 Å². The number of ether oxygens (including phenoxy) is 4. The Bertz CT molecular complexity index is 477. The van der Waals surface area contributed by atoms with Gasteiger partial charge in [0.2, 0.25) is 0 Å². The summed E-state index contributed by atoms with van der Waals surface area (Å²) in [6, 6.07) is 0. The van der Waals surface area contributed by atoms with Gasteiger partial charge >= 0.3 is 23.9 Å². The average molecular weight is 348 g/mol. The topological polar surface area (TPSA) is 105 Å². The molecule has 0 aromatic rings. The minimum Gasteiger partial charge on any atom is -0.465 e. The molecule has 0 N–H and O–H groups in total. The van der Waals surface area contributed by atoms with Gasteiger partial charge in [0, 0.05) is 33.4 Å². The fourth-order valence-electron chi connectivity index (χ4n) is 2.16. The van der Waals surface area contributed by atoms with Gasteiger partial charge in [0.05, 0.1) is 5.25 Å². The van der Waals surface area contributed by atoms with Gasteiger partial charge in [-0.2, -0.15) is 0 Å². The maximum atomic E-state index is 11.4. The lowest BCUT2D eigenvalue weighted by atomic mass is 10.0. The molecule has 1 saturated heterocycles. The third-order valence-electron chi connectivity index (χ3n) is 2.90. The smallest absolute Gasteiger partial charge is 0.303 e. The molecule has 0 aliphatic carbocycles. The van der Waals surface area contributed by atoms with Gasteiger partial charge < -0.3 is 18.9 Å². The number of carbonyl (C=O) groups excluding carboxylic acids is 4. The third kappa shape index (κ3) is 6.47. The summed E-state index contributed by atoms with van der Waals surface area (Å²) < 4.78 is 20.6. The maximum absolute atomic E-state index is 11.4. The molecule has 1 aliphatic heterocycles. The lowest BCUT2D eigenvalue weighted by Gasteiger charge is -2.39. The summed E-state index contributed by atoms with van der Waals surface area (Å²) in [5.74, 6) is -1.86. The molecule has 0 unspecified atom stereocenters. The Morgan fingerprint density at radius 2 is 1.35 bits per heavy atom. The second-order valence-corrected chi connectivity index (χ2v) is 6.24. The molecule has 8 nitrogen and oxygen atoms in total. The molecule has 0 spiro atoms. The first-order valence-electron chi connectivity index (χ1n) is 6.97. The van der Waals surface area contributed by atoms with Gasteiger partial charge in [-0.05, 0) is 0 Å². The third-order valence-corrected chi connectivity index (χ3v) is 4.26. The van der Waals surface area contributed by atoms with Crippen molar-refractivity contribution in [1.82, 2.24) is 0 Å². The van der Waals surface area contributed by atoms with Crippen LogP contribution in [-0.4, -0.2) is 59.8 Å². The van der Waals surface area contributed by atoms with Crippen molar-refractivity contribution in [3.8, 4) is 0 Å². The molecule has 23 heavy (non-hydrogen) atoms. The molecule has 0 aromatic carbocycles. The lowest BCUT2D eigenvalue weighted by Crippen LogP contribution is -2.55. The molecule has 9 heteroatoms. The van der Waals surface area contributed by atoms with Crippen LogP contribution in [0.15, 0.2) is 0 Å². The Morgan fingerprint density at radius 1 is 0.826 bits per heavy atom. The van der Waals surface area contributed by atoms with E-state index < -0.39 is 47.4 Å². The normalized spacial score (nSPS) is 26.8. The van der Waals surface area contributed by atoms with Crippen molar-refractivity contribution in [1.29, 1.82) is 0 Å². The zero-order valence-corrected chi connectivity index (χ0v) is 14.2. The minimum absolute atomic E-state index is 0.0114. The van der Waals surface area contributed by atoms with Gasteiger partial charge in [0.1, 0.15) is 6.61 Å². The van der Waals surface area contributed by atoms with Crippen LogP contribution in [0.5, 0.6) is 0 Å². The van der Waals surface area contributed by atoms with E-state index in [4.69, 9.17) is 18.9 Å². The molecule has 1 heterocycles. The van der Waals surface area contributed by atoms with Crippen molar-refractivity contribution in [3.05, 3.63) is 0 Å². The maximum Gasteiger partial charge on any atom is 0.303 e. The van der Waals surface area contributed by atoms with Crippen molar-refractivity contribution in [3.63, 3.8) is 0 Å². The molecular formula is C14H20O8S. The van der Waals surface area contributed by atoms with Gasteiger partial charge in [-0.25, -0.2) is 0 Å². The van der Waals surface area contributed by atoms with Gasteiger partial charge in [0.15, 0.2) is 18.3 Å². The van der Waals surface area contributed by atoms with E-state index in [0.717, 1.165) is 0 Å². The van der Waals surface area contributed by atoms with E-state index in [-0.39, 0.29) is 6.61 Å². The summed E-state index contributed by atoms with van der Waals surface area (Å²) in [6.45, 7) is 4.91. The molecule has 0 bridgehead atoms. The quantitative estimate of drug-likeness (QED) is 0.517. The highest BCUT2D eigenvalue weighted by Crippen LogP contribution is 2.32. The fourth-order valence-corrected chi connectivity index (χ4v) is 3.42. The van der Waals surface area contributed by atoms with Crippen LogP contribution in [0.4, 0.5) is 0 Å². The predicted octanol–water partition coefficient (Wildman–Crippen LogP) is 0.460. The zero-order valence-electron chi connectivity index (χ0n) is 13.4. The molecule has 0 saturated carbocycles. The van der Waals surface area contributed by atoms with E-state index in [0.29, 0.717) is 5.75 Å². The van der Waals surface area contributed by atoms with Gasteiger partial charge in [-0.15, -0.1) is 11.8 Å². The summed E-state index contributed by atoms with van der Waals surface area (Å²) in [5.41, 5.74) is 0. The lowest BCUT2D eigenvalue weighted by molar-refractivity contribution is -0.183. The first-order valence-corrected chi connectivity index (χ1v) is 8.02. The molecule has 1 aliphatic rings. The van der Waals surface area contributed by atoms with Gasteiger partial charge in [-0.1, -0.05) is 0 Å². The van der Waals surface area contributed by atoms with Crippen LogP contribution < -0.4 is 0 Å². The predicted molar refractivity (Wildman–Crippen MR) is 79.5 cm³/mol. The van der Waals surface area contributed by atoms with Crippen molar-refractivity contribution in [2.24, 2.45) is 0 Å². The Balaban J connectivity index is 2.98. The molecule has 1 rings (SSSR count). The van der Waals surface area contributed by atoms with Gasteiger partial charge in [0.25, 0.3) is 0 Å². The molecule has 1 fully saturated rings. The Morgan fingerprint density at radius 3 is 1.83 bits per heavy atom. The van der Waals surface area contributed by atoms with Crippen molar-refractivity contribution >= 4 is 35.6 Å². The SMILES string of the molecule is CC(=O)OC[C@@H]1SC[C@@H](OC(C)=O)[C@@H](OC(C)=O)[C@H]1OC(C)=O. The van der Waals surface area contributed by atoms with Crippen LogP contribution in [0.1, 0.15) is 27.7 Å². The number of rotatable bonds is 5. The highest BCUT2D eigenvalue weighted by atomic mass is 32.2. The molecule has 4 atom stereocenters. The highest BCUT2D eigenvalue weighted by molar-refractivity contribution is 8.00. The number of carbonyl (C=O) groups is 4. The second kappa shape index (κ2) is 8.76. The first-order chi connectivity index (χ1) is 10.7. The monoisotopic (exact) mass is 348 g/mol. The summed E-state index contributed by atoms with van der Waals surface area (Å²) in [6.07, 6.45) is -2.60. The summed E-state index contributed by atoms with van der Waals surface area (Å²) in [4.78, 5) is 44.9. The average Bonchev–Trinajstić information content (AvgIpc) is 2.39. The largest absolute Gasteiger partial charge is 0.465 e. The Labute approximate surface area is 138 Å². The van der Waals surface area contributed by atoms with Crippen molar-refractivity contribution < 1.29 is 38.1 Å². The van der Waals surface area contributed by atoms with E-state index in [9.17, 15) is 19.2 Å². The minimum atomic E-state index is -0.956. The molecule has 130 valence electrons. The van der Waals surface area contributed by atoms with E-state index in [1.807, 2.05) is 0 Å². The zero-order chi connectivity index (χ0) is 17.6. The Hall–Kier alpha value is -1.77. The second-order valence-electron chi connectivity index (χ2n) is 4.97. The molecular weight excluding hydrogens is 328 g/mol. The summed E-state index contributed by atoms with van der Waals surface area (Å²) in [5, 5.41) is -0.432. The van der Waals surface area contributed by atoms with Crippen molar-refractivity contribution in [2.75, 3.05) is 12.4 Å². The van der Waals surface area contributed by atoms with Crippen LogP contribution in [-0.2, 0) is 38.1 Å². The van der Waals surface area contributed by atoms with Crippen molar-refractivity contribution in [2.45, 2.75) is 51.3 Å². The fraction of sp³-hybridized carbons (Fsp3) is 0.714. The van der Waals surface area contributed by atoms with E-state index in [1.165, 1.54) is 39.5 Å². The number of hydrogen-bond donors (Lipinski definition) is 0. The number of hydrogen-bond acceptors (Lipinski definition) is 9. The summed E-state index contributed by atoms with van der Waals surface area (Å²) >= 11 is 1.31. The Kier molecular flexibility index (Phi) is 7.34. The van der Waals surface area contributed by atoms with Crippen LogP contribution in [0.2, 0.25) is 0 Å². The van der Waals surface area contributed by atoms with Crippen LogP contribution in [0.3, 0.4) is 0 Å².